The van der Waals surface area contributed by atoms with E-state index < -0.39 is 54.5 Å². The molecule has 0 heterocycles. The summed E-state index contributed by atoms with van der Waals surface area (Å²) in [7, 11) is -1.66. The molecule has 2 aromatic carbocycles. The minimum absolute atomic E-state index is 0.0522. The van der Waals surface area contributed by atoms with Gasteiger partial charge in [-0.15, -0.1) is 0 Å². The van der Waals surface area contributed by atoms with Gasteiger partial charge >= 0.3 is 7.12 Å². The Balaban J connectivity index is 2.07. The monoisotopic (exact) mass is 720 g/mol. The summed E-state index contributed by atoms with van der Waals surface area (Å²) >= 11 is 0. The van der Waals surface area contributed by atoms with Crippen LogP contribution in [0, 0.1) is 17.8 Å². The lowest BCUT2D eigenvalue weighted by Gasteiger charge is -2.24. The number of rotatable bonds is 25. The van der Waals surface area contributed by atoms with Crippen molar-refractivity contribution in [1.82, 2.24) is 10.6 Å². The van der Waals surface area contributed by atoms with Crippen LogP contribution in [-0.2, 0) is 25.6 Å². The maximum atomic E-state index is 13.5. The van der Waals surface area contributed by atoms with Gasteiger partial charge in [-0.25, -0.2) is 0 Å². The van der Waals surface area contributed by atoms with E-state index in [1.807, 2.05) is 26.0 Å². The molecule has 8 N–H and O–H groups in total. The predicted molar refractivity (Wildman–Crippen MR) is 206 cm³/mol. The third kappa shape index (κ3) is 15.1. The number of Topliss-reactive ketones (excluding diaryl/α,β-unsaturated/α-hetero) is 3. The molecule has 0 aromatic heterocycles. The molecule has 0 aliphatic rings. The molecule has 0 aliphatic heterocycles. The Kier molecular flexibility index (Phi) is 19.7. The highest BCUT2D eigenvalue weighted by atomic mass is 16.4. The number of ketones is 3. The summed E-state index contributed by atoms with van der Waals surface area (Å²) in [6.07, 6.45) is 4.98. The van der Waals surface area contributed by atoms with Crippen LogP contribution in [0.4, 0.5) is 0 Å². The van der Waals surface area contributed by atoms with Crippen molar-refractivity contribution in [1.29, 1.82) is 0 Å². The largest absolute Gasteiger partial charge is 0.454 e. The first kappa shape index (κ1) is 44.5. The van der Waals surface area contributed by atoms with Crippen LogP contribution in [0.2, 0.25) is 5.82 Å². The van der Waals surface area contributed by atoms with E-state index in [1.165, 1.54) is 12.5 Å². The molecule has 0 aliphatic carbocycles. The van der Waals surface area contributed by atoms with Crippen molar-refractivity contribution in [3.8, 4) is 11.1 Å². The molecule has 52 heavy (non-hydrogen) atoms. The number of nitrogens with two attached hydrogens (primary N) is 2. The molecule has 0 spiro atoms. The Morgan fingerprint density at radius 2 is 1.31 bits per heavy atom. The van der Waals surface area contributed by atoms with Crippen molar-refractivity contribution in [2.24, 2.45) is 29.2 Å². The van der Waals surface area contributed by atoms with Crippen molar-refractivity contribution in [2.45, 2.75) is 117 Å². The molecule has 286 valence electrons. The fraction of sp³-hybridized carbons (Fsp3) is 0.575. The highest BCUT2D eigenvalue weighted by Crippen LogP contribution is 2.24. The van der Waals surface area contributed by atoms with Crippen LogP contribution in [-0.4, -0.2) is 71.5 Å². The molecule has 0 saturated heterocycles. The van der Waals surface area contributed by atoms with Crippen molar-refractivity contribution in [3.05, 3.63) is 59.7 Å². The Hall–Kier alpha value is -3.71. The molecule has 0 fully saturated rings. The number of carbonyl (C=O) groups excluding carboxylic acids is 5. The van der Waals surface area contributed by atoms with Crippen molar-refractivity contribution in [3.63, 3.8) is 0 Å². The van der Waals surface area contributed by atoms with Crippen molar-refractivity contribution in [2.75, 3.05) is 13.1 Å². The van der Waals surface area contributed by atoms with Crippen LogP contribution < -0.4 is 22.1 Å². The van der Waals surface area contributed by atoms with Gasteiger partial charge < -0.3 is 32.1 Å². The van der Waals surface area contributed by atoms with E-state index in [0.717, 1.165) is 30.4 Å². The van der Waals surface area contributed by atoms with Gasteiger partial charge in [0.25, 0.3) is 0 Å². The van der Waals surface area contributed by atoms with E-state index >= 15 is 0 Å². The van der Waals surface area contributed by atoms with Crippen LogP contribution in [0.15, 0.2) is 48.5 Å². The number of hydrogen-bond donors (Lipinski definition) is 6. The molecule has 2 aromatic rings. The first-order valence-electron chi connectivity index (χ1n) is 18.9. The van der Waals surface area contributed by atoms with Crippen LogP contribution in [0.5, 0.6) is 0 Å². The Bertz CT molecular complexity index is 1430. The standard InChI is InChI=1S/C40H61BN4O7/c1-6-7-10-29-12-14-30(15-13-29)31-16-18-32(19-17-31)36(46)24-33(11-8-9-20-42)40(50)45-35(25-43)37(47)22-27(4)39(49)44-34(21-26(2)3)38(48)23-28(5)41(51)52/h12-19,26-28,33-35,51-52H,6-11,20-25,42-43H2,1-5H3,(H,44,49)(H,45,50)/t27-,28-,33-,34+,35+/m1/s1. The third-order valence-electron chi connectivity index (χ3n) is 9.46. The van der Waals surface area contributed by atoms with Gasteiger partial charge in [0, 0.05) is 43.2 Å². The van der Waals surface area contributed by atoms with Crippen LogP contribution >= 0.6 is 0 Å². The molecule has 12 heteroatoms. The summed E-state index contributed by atoms with van der Waals surface area (Å²) in [4.78, 5) is 66.2. The molecule has 0 saturated carbocycles. The fourth-order valence-corrected chi connectivity index (χ4v) is 6.01. The van der Waals surface area contributed by atoms with E-state index in [9.17, 15) is 34.0 Å². The lowest BCUT2D eigenvalue weighted by molar-refractivity contribution is -0.133. The van der Waals surface area contributed by atoms with Gasteiger partial charge in [0.2, 0.25) is 11.8 Å². The first-order chi connectivity index (χ1) is 24.7. The van der Waals surface area contributed by atoms with Crippen LogP contribution in [0.1, 0.15) is 108 Å². The quantitative estimate of drug-likeness (QED) is 0.0488. The summed E-state index contributed by atoms with van der Waals surface area (Å²) < 4.78 is 0. The number of aryl methyl sites for hydroxylation is 1. The maximum absolute atomic E-state index is 13.5. The average Bonchev–Trinajstić information content (AvgIpc) is 3.11. The van der Waals surface area contributed by atoms with E-state index in [-0.39, 0.29) is 43.3 Å². The molecule has 0 bridgehead atoms. The van der Waals surface area contributed by atoms with E-state index in [4.69, 9.17) is 11.5 Å². The van der Waals surface area contributed by atoms with E-state index in [1.54, 1.807) is 19.1 Å². The number of hydrogen-bond acceptors (Lipinski definition) is 9. The average molecular weight is 721 g/mol. The molecule has 2 rings (SSSR count). The maximum Gasteiger partial charge on any atom is 0.454 e. The highest BCUT2D eigenvalue weighted by molar-refractivity contribution is 6.43. The lowest BCUT2D eigenvalue weighted by atomic mass is 9.71. The lowest BCUT2D eigenvalue weighted by Crippen LogP contribution is -2.49. The molecular weight excluding hydrogens is 659 g/mol. The highest BCUT2D eigenvalue weighted by Gasteiger charge is 2.31. The summed E-state index contributed by atoms with van der Waals surface area (Å²) in [6, 6.07) is 13.9. The Labute approximate surface area is 310 Å². The van der Waals surface area contributed by atoms with Gasteiger partial charge in [-0.1, -0.05) is 96.0 Å². The third-order valence-corrected chi connectivity index (χ3v) is 9.46. The topological polar surface area (TPSA) is 202 Å². The number of carbonyl (C=O) groups is 5. The second-order valence-electron chi connectivity index (χ2n) is 14.6. The normalized spacial score (nSPS) is 14.2. The van der Waals surface area contributed by atoms with Gasteiger partial charge in [-0.3, -0.25) is 24.0 Å². The van der Waals surface area contributed by atoms with Crippen molar-refractivity contribution >= 4 is 36.3 Å². The number of benzene rings is 2. The van der Waals surface area contributed by atoms with Crippen LogP contribution in [0.25, 0.3) is 11.1 Å². The zero-order valence-electron chi connectivity index (χ0n) is 31.7. The van der Waals surface area contributed by atoms with Gasteiger partial charge in [-0.2, -0.15) is 0 Å². The Morgan fingerprint density at radius 1 is 0.731 bits per heavy atom. The SMILES string of the molecule is CCCCc1ccc(-c2ccc(C(=O)C[C@@H](CCCCN)C(=O)N[C@@H](CN)C(=O)C[C@@H](C)C(=O)N[C@@H](CC(C)C)C(=O)C[C@@H](C)B(O)O)cc2)cc1. The van der Waals surface area contributed by atoms with Gasteiger partial charge in [0.05, 0.1) is 12.1 Å². The first-order valence-corrected chi connectivity index (χ1v) is 18.9. The fourth-order valence-electron chi connectivity index (χ4n) is 6.01. The zero-order chi connectivity index (χ0) is 38.8. The smallest absolute Gasteiger partial charge is 0.427 e. The Morgan fingerprint density at radius 3 is 1.85 bits per heavy atom. The summed E-state index contributed by atoms with van der Waals surface area (Å²) in [6.45, 7) is 9.31. The summed E-state index contributed by atoms with van der Waals surface area (Å²) in [5.74, 6) is -4.10. The minimum Gasteiger partial charge on any atom is -0.427 e. The second kappa shape index (κ2) is 23.1. The van der Waals surface area contributed by atoms with Crippen molar-refractivity contribution < 1.29 is 34.0 Å². The summed E-state index contributed by atoms with van der Waals surface area (Å²) in [5, 5.41) is 24.3. The molecule has 11 nitrogen and oxygen atoms in total. The van der Waals surface area contributed by atoms with E-state index in [2.05, 4.69) is 41.8 Å². The zero-order valence-corrected chi connectivity index (χ0v) is 31.7. The van der Waals surface area contributed by atoms with Crippen LogP contribution in [0.3, 0.4) is 0 Å². The van der Waals surface area contributed by atoms with Gasteiger partial charge in [0.15, 0.2) is 17.3 Å². The molecular formula is C40H61BN4O7. The molecule has 0 radical (unpaired) electrons. The minimum atomic E-state index is -1.66. The number of unbranched alkanes of at least 4 members (excludes halogenated alkanes) is 2. The predicted octanol–water partition coefficient (Wildman–Crippen LogP) is 4.41. The summed E-state index contributed by atoms with van der Waals surface area (Å²) in [5.41, 5.74) is 15.4. The second-order valence-corrected chi connectivity index (χ2v) is 14.6. The van der Waals surface area contributed by atoms with Gasteiger partial charge in [-0.05, 0) is 67.1 Å². The molecule has 5 atom stereocenters. The van der Waals surface area contributed by atoms with E-state index in [0.29, 0.717) is 37.8 Å². The number of nitrogens with one attached hydrogen (secondary N) is 2. The molecule has 2 amide bonds. The van der Waals surface area contributed by atoms with Gasteiger partial charge in [0.1, 0.15) is 0 Å². The molecule has 0 unspecified atom stereocenters. The number of amides is 2.